The predicted molar refractivity (Wildman–Crippen MR) is 94.8 cm³/mol. The van der Waals surface area contributed by atoms with Crippen molar-refractivity contribution in [1.82, 2.24) is 10.2 Å². The van der Waals surface area contributed by atoms with Crippen LogP contribution in [0.5, 0.6) is 0 Å². The molecule has 1 heterocycles. The van der Waals surface area contributed by atoms with Crippen LogP contribution in [0.25, 0.3) is 0 Å². The minimum atomic E-state index is 0. The van der Waals surface area contributed by atoms with Crippen LogP contribution in [-0.2, 0) is 6.42 Å². The van der Waals surface area contributed by atoms with Crippen molar-refractivity contribution in [3.05, 3.63) is 35.4 Å². The van der Waals surface area contributed by atoms with Crippen molar-refractivity contribution in [2.75, 3.05) is 26.2 Å². The highest BCUT2D eigenvalue weighted by molar-refractivity contribution is 5.85. The molecule has 0 amide bonds. The second-order valence-electron chi connectivity index (χ2n) is 6.08. The van der Waals surface area contributed by atoms with Gasteiger partial charge in [0, 0.05) is 32.2 Å². The number of piperazine rings is 1. The van der Waals surface area contributed by atoms with E-state index in [0.29, 0.717) is 6.04 Å². The smallest absolute Gasteiger partial charge is 0.0351 e. The summed E-state index contributed by atoms with van der Waals surface area (Å²) in [5, 5.41) is 3.47. The van der Waals surface area contributed by atoms with Crippen LogP contribution in [0.4, 0.5) is 0 Å². The summed E-state index contributed by atoms with van der Waals surface area (Å²) in [6, 6.07) is 10.0. The summed E-state index contributed by atoms with van der Waals surface area (Å²) in [6.45, 7) is 6.93. The SMILES string of the molecule is CCc1ccc([C@@H](CC2CC2)N2CCNCC2)cc1.Cl.Cl. The third kappa shape index (κ3) is 5.14. The molecular formula is C17H28Cl2N2. The lowest BCUT2D eigenvalue weighted by atomic mass is 9.97. The Kier molecular flexibility index (Phi) is 8.04. The summed E-state index contributed by atoms with van der Waals surface area (Å²) in [5.41, 5.74) is 2.99. The highest BCUT2D eigenvalue weighted by atomic mass is 35.5. The van der Waals surface area contributed by atoms with Gasteiger partial charge in [0.05, 0.1) is 0 Å². The highest BCUT2D eigenvalue weighted by Crippen LogP contribution is 2.40. The molecule has 1 aromatic rings. The zero-order valence-electron chi connectivity index (χ0n) is 12.9. The van der Waals surface area contributed by atoms with Crippen LogP contribution in [0.1, 0.15) is 43.4 Å². The average Bonchev–Trinajstić information content (AvgIpc) is 3.30. The quantitative estimate of drug-likeness (QED) is 0.882. The minimum Gasteiger partial charge on any atom is -0.314 e. The molecule has 21 heavy (non-hydrogen) atoms. The van der Waals surface area contributed by atoms with E-state index < -0.39 is 0 Å². The van der Waals surface area contributed by atoms with Crippen LogP contribution in [0, 0.1) is 5.92 Å². The molecule has 1 aliphatic heterocycles. The van der Waals surface area contributed by atoms with Gasteiger partial charge in [0.2, 0.25) is 0 Å². The Balaban J connectivity index is 0.00000110. The lowest BCUT2D eigenvalue weighted by molar-refractivity contribution is 0.160. The number of nitrogens with zero attached hydrogens (tertiary/aromatic N) is 1. The van der Waals surface area contributed by atoms with E-state index in [1.165, 1.54) is 43.5 Å². The van der Waals surface area contributed by atoms with Gasteiger partial charge in [-0.2, -0.15) is 0 Å². The van der Waals surface area contributed by atoms with Crippen LogP contribution >= 0.6 is 24.8 Å². The van der Waals surface area contributed by atoms with Crippen molar-refractivity contribution in [2.45, 2.75) is 38.6 Å². The average molecular weight is 331 g/mol. The first-order chi connectivity index (χ1) is 9.36. The molecule has 1 N–H and O–H groups in total. The summed E-state index contributed by atoms with van der Waals surface area (Å²) in [6.07, 6.45) is 5.41. The first kappa shape index (κ1) is 18.8. The molecule has 0 aromatic heterocycles. The first-order valence-corrected chi connectivity index (χ1v) is 7.90. The molecule has 0 radical (unpaired) electrons. The summed E-state index contributed by atoms with van der Waals surface area (Å²) in [4.78, 5) is 2.69. The van der Waals surface area contributed by atoms with E-state index in [0.717, 1.165) is 25.4 Å². The van der Waals surface area contributed by atoms with Crippen molar-refractivity contribution >= 4 is 24.8 Å². The van der Waals surface area contributed by atoms with Crippen molar-refractivity contribution in [3.8, 4) is 0 Å². The Morgan fingerprint density at radius 2 is 1.71 bits per heavy atom. The standard InChI is InChI=1S/C17H26N2.2ClH/c1-2-14-5-7-16(8-6-14)17(13-15-3-4-15)19-11-9-18-10-12-19;;/h5-8,15,17-18H,2-4,9-13H2,1H3;2*1H/t17-;;/m1../s1. The Labute approximate surface area is 141 Å². The van der Waals surface area contributed by atoms with E-state index in [1.807, 2.05) is 0 Å². The predicted octanol–water partition coefficient (Wildman–Crippen LogP) is 3.84. The zero-order chi connectivity index (χ0) is 13.1. The second kappa shape index (κ2) is 8.99. The second-order valence-corrected chi connectivity index (χ2v) is 6.08. The summed E-state index contributed by atoms with van der Waals surface area (Å²) in [5.74, 6) is 0.991. The molecule has 120 valence electrons. The highest BCUT2D eigenvalue weighted by Gasteiger charge is 2.30. The maximum absolute atomic E-state index is 3.47. The fourth-order valence-electron chi connectivity index (χ4n) is 3.13. The van der Waals surface area contributed by atoms with Gasteiger partial charge in [0.25, 0.3) is 0 Å². The summed E-state index contributed by atoms with van der Waals surface area (Å²) < 4.78 is 0. The van der Waals surface area contributed by atoms with Crippen LogP contribution < -0.4 is 5.32 Å². The molecule has 1 aromatic carbocycles. The molecule has 0 unspecified atom stereocenters. The molecule has 0 spiro atoms. The van der Waals surface area contributed by atoms with E-state index in [4.69, 9.17) is 0 Å². The van der Waals surface area contributed by atoms with Gasteiger partial charge < -0.3 is 5.32 Å². The van der Waals surface area contributed by atoms with Gasteiger partial charge in [-0.1, -0.05) is 44.0 Å². The van der Waals surface area contributed by atoms with E-state index in [9.17, 15) is 0 Å². The third-order valence-electron chi connectivity index (χ3n) is 4.62. The number of aryl methyl sites for hydroxylation is 1. The number of benzene rings is 1. The third-order valence-corrected chi connectivity index (χ3v) is 4.62. The van der Waals surface area contributed by atoms with Crippen molar-refractivity contribution in [2.24, 2.45) is 5.92 Å². The molecule has 3 rings (SSSR count). The molecule has 0 bridgehead atoms. The Hall–Kier alpha value is -0.280. The van der Waals surface area contributed by atoms with Crippen molar-refractivity contribution < 1.29 is 0 Å². The van der Waals surface area contributed by atoms with Crippen molar-refractivity contribution in [1.29, 1.82) is 0 Å². The fourth-order valence-corrected chi connectivity index (χ4v) is 3.13. The molecule has 1 atom stereocenters. The maximum Gasteiger partial charge on any atom is 0.0351 e. The topological polar surface area (TPSA) is 15.3 Å². The van der Waals surface area contributed by atoms with E-state index in [1.54, 1.807) is 0 Å². The molecule has 2 nitrogen and oxygen atoms in total. The minimum absolute atomic E-state index is 0. The summed E-state index contributed by atoms with van der Waals surface area (Å²) >= 11 is 0. The first-order valence-electron chi connectivity index (χ1n) is 7.90. The normalized spacial score (nSPS) is 20.2. The molecule has 1 aliphatic carbocycles. The van der Waals surface area contributed by atoms with Gasteiger partial charge in [0.15, 0.2) is 0 Å². The van der Waals surface area contributed by atoms with Gasteiger partial charge in [0.1, 0.15) is 0 Å². The number of hydrogen-bond acceptors (Lipinski definition) is 2. The van der Waals surface area contributed by atoms with Crippen LogP contribution in [-0.4, -0.2) is 31.1 Å². The number of nitrogens with one attached hydrogen (secondary N) is 1. The van der Waals surface area contributed by atoms with Crippen LogP contribution in [0.3, 0.4) is 0 Å². The fraction of sp³-hybridized carbons (Fsp3) is 0.647. The van der Waals surface area contributed by atoms with Gasteiger partial charge in [-0.15, -0.1) is 24.8 Å². The number of rotatable bonds is 5. The van der Waals surface area contributed by atoms with E-state index in [2.05, 4.69) is 41.4 Å². The van der Waals surface area contributed by atoms with Gasteiger partial charge in [-0.25, -0.2) is 0 Å². The Bertz CT molecular complexity index is 398. The molecule has 4 heteroatoms. The lowest BCUT2D eigenvalue weighted by Gasteiger charge is -2.35. The Morgan fingerprint density at radius 1 is 1.10 bits per heavy atom. The molecule has 2 fully saturated rings. The number of halogens is 2. The molecular weight excluding hydrogens is 303 g/mol. The zero-order valence-corrected chi connectivity index (χ0v) is 14.5. The Morgan fingerprint density at radius 3 is 2.24 bits per heavy atom. The lowest BCUT2D eigenvalue weighted by Crippen LogP contribution is -2.45. The van der Waals surface area contributed by atoms with Gasteiger partial charge >= 0.3 is 0 Å². The monoisotopic (exact) mass is 330 g/mol. The van der Waals surface area contributed by atoms with Crippen molar-refractivity contribution in [3.63, 3.8) is 0 Å². The molecule has 1 saturated carbocycles. The van der Waals surface area contributed by atoms with Gasteiger partial charge in [-0.05, 0) is 29.9 Å². The van der Waals surface area contributed by atoms with E-state index in [-0.39, 0.29) is 24.8 Å². The summed E-state index contributed by atoms with van der Waals surface area (Å²) in [7, 11) is 0. The van der Waals surface area contributed by atoms with Gasteiger partial charge in [-0.3, -0.25) is 4.90 Å². The largest absolute Gasteiger partial charge is 0.314 e. The van der Waals surface area contributed by atoms with Crippen LogP contribution in [0.2, 0.25) is 0 Å². The molecule has 2 aliphatic rings. The maximum atomic E-state index is 3.47. The number of hydrogen-bond donors (Lipinski definition) is 1. The molecule has 1 saturated heterocycles. The van der Waals surface area contributed by atoms with E-state index >= 15 is 0 Å². The van der Waals surface area contributed by atoms with Crippen LogP contribution in [0.15, 0.2) is 24.3 Å².